The van der Waals surface area contributed by atoms with Crippen LogP contribution in [0.2, 0.25) is 5.02 Å². The van der Waals surface area contributed by atoms with Crippen molar-refractivity contribution < 1.29 is 14.6 Å². The van der Waals surface area contributed by atoms with Gasteiger partial charge >= 0.3 is 0 Å². The summed E-state index contributed by atoms with van der Waals surface area (Å²) < 4.78 is 6.93. The molecule has 25 heavy (non-hydrogen) atoms. The van der Waals surface area contributed by atoms with Gasteiger partial charge in [0.15, 0.2) is 5.69 Å². The summed E-state index contributed by atoms with van der Waals surface area (Å²) in [5, 5.41) is 13.2. The van der Waals surface area contributed by atoms with E-state index in [1.807, 2.05) is 0 Å². The Morgan fingerprint density at radius 3 is 2.92 bits per heavy atom. The summed E-state index contributed by atoms with van der Waals surface area (Å²) in [5.41, 5.74) is -1.24. The van der Waals surface area contributed by atoms with E-state index in [4.69, 9.17) is 16.3 Å². The summed E-state index contributed by atoms with van der Waals surface area (Å²) in [4.78, 5) is 33.0. The van der Waals surface area contributed by atoms with Gasteiger partial charge in [-0.15, -0.1) is 0 Å². The number of aromatic nitrogens is 3. The van der Waals surface area contributed by atoms with Crippen molar-refractivity contribution in [3.8, 4) is 5.75 Å². The van der Waals surface area contributed by atoms with E-state index in [9.17, 15) is 14.7 Å². The molecule has 3 heterocycles. The highest BCUT2D eigenvalue weighted by molar-refractivity contribution is 6.30. The first kappa shape index (κ1) is 17.4. The number of carbonyl (C=O) groups is 1. The van der Waals surface area contributed by atoms with Crippen molar-refractivity contribution in [3.05, 3.63) is 50.9 Å². The van der Waals surface area contributed by atoms with Gasteiger partial charge in [-0.1, -0.05) is 11.6 Å². The molecule has 0 unspecified atom stereocenters. The molecule has 0 aliphatic carbocycles. The van der Waals surface area contributed by atoms with E-state index >= 15 is 0 Å². The Bertz CT molecular complexity index is 877. The molecule has 0 spiro atoms. The molecular formula is C16H17ClN4O4. The first-order chi connectivity index (χ1) is 11.8. The first-order valence-corrected chi connectivity index (χ1v) is 8.04. The smallest absolute Gasteiger partial charge is 0.296 e. The maximum atomic E-state index is 12.4. The lowest BCUT2D eigenvalue weighted by atomic mass is 10.1. The van der Waals surface area contributed by atoms with Crippen molar-refractivity contribution in [2.75, 3.05) is 6.61 Å². The van der Waals surface area contributed by atoms with Gasteiger partial charge in [0.25, 0.3) is 11.5 Å². The largest absolute Gasteiger partial charge is 0.501 e. The van der Waals surface area contributed by atoms with Gasteiger partial charge in [-0.2, -0.15) is 0 Å². The summed E-state index contributed by atoms with van der Waals surface area (Å²) in [5.74, 6) is -1.05. The molecule has 2 aromatic heterocycles. The number of nitrogens with one attached hydrogen (secondary N) is 1. The SMILES string of the molecule is CC1(C)OCCn2c1nc(C(=O)NCc1ccc(Cl)cn1)c(O)c2=O. The molecule has 0 aromatic carbocycles. The third-order valence-electron chi connectivity index (χ3n) is 3.90. The number of aromatic hydroxyl groups is 1. The monoisotopic (exact) mass is 364 g/mol. The van der Waals surface area contributed by atoms with Gasteiger partial charge < -0.3 is 15.2 Å². The van der Waals surface area contributed by atoms with Gasteiger partial charge in [-0.3, -0.25) is 19.1 Å². The van der Waals surface area contributed by atoms with Crippen LogP contribution in [-0.4, -0.2) is 32.2 Å². The van der Waals surface area contributed by atoms with Gasteiger partial charge in [0, 0.05) is 6.20 Å². The summed E-state index contributed by atoms with van der Waals surface area (Å²) in [6.07, 6.45) is 1.46. The second kappa shape index (κ2) is 6.45. The van der Waals surface area contributed by atoms with E-state index in [1.54, 1.807) is 26.0 Å². The molecule has 0 atom stereocenters. The Hall–Kier alpha value is -2.45. The number of halogens is 1. The number of nitrogens with zero attached hydrogens (tertiary/aromatic N) is 3. The van der Waals surface area contributed by atoms with Gasteiger partial charge in [-0.25, -0.2) is 4.98 Å². The van der Waals surface area contributed by atoms with Crippen LogP contribution >= 0.6 is 11.6 Å². The third kappa shape index (κ3) is 3.35. The number of hydrogen-bond donors (Lipinski definition) is 2. The molecule has 1 aliphatic heterocycles. The number of rotatable bonds is 3. The molecule has 132 valence electrons. The van der Waals surface area contributed by atoms with Crippen LogP contribution < -0.4 is 10.9 Å². The van der Waals surface area contributed by atoms with Crippen LogP contribution in [0.5, 0.6) is 5.75 Å². The summed E-state index contributed by atoms with van der Waals surface area (Å²) in [6.45, 7) is 4.21. The van der Waals surface area contributed by atoms with Crippen LogP contribution in [0.15, 0.2) is 23.1 Å². The van der Waals surface area contributed by atoms with E-state index in [0.717, 1.165) is 0 Å². The van der Waals surface area contributed by atoms with Crippen molar-refractivity contribution in [2.24, 2.45) is 0 Å². The molecular weight excluding hydrogens is 348 g/mol. The summed E-state index contributed by atoms with van der Waals surface area (Å²) >= 11 is 5.76. The maximum Gasteiger partial charge on any atom is 0.296 e. The highest BCUT2D eigenvalue weighted by Gasteiger charge is 2.34. The standard InChI is InChI=1S/C16H17ClN4O4/c1-16(2)15-20-11(12(22)14(24)21(15)5-6-25-16)13(23)19-8-10-4-3-9(17)7-18-10/h3-4,7,22H,5-6,8H2,1-2H3,(H,19,23). The zero-order valence-electron chi connectivity index (χ0n) is 13.7. The highest BCUT2D eigenvalue weighted by Crippen LogP contribution is 2.27. The van der Waals surface area contributed by atoms with Crippen molar-refractivity contribution in [1.29, 1.82) is 0 Å². The predicted molar refractivity (Wildman–Crippen MR) is 89.6 cm³/mol. The lowest BCUT2D eigenvalue weighted by molar-refractivity contribution is -0.0566. The van der Waals surface area contributed by atoms with Gasteiger partial charge in [0.2, 0.25) is 5.75 Å². The second-order valence-electron chi connectivity index (χ2n) is 6.10. The van der Waals surface area contributed by atoms with Crippen LogP contribution in [-0.2, 0) is 23.4 Å². The predicted octanol–water partition coefficient (Wildman–Crippen LogP) is 1.19. The van der Waals surface area contributed by atoms with Crippen molar-refractivity contribution >= 4 is 17.5 Å². The van der Waals surface area contributed by atoms with E-state index in [0.29, 0.717) is 23.1 Å². The Balaban J connectivity index is 1.89. The Morgan fingerprint density at radius 2 is 2.24 bits per heavy atom. The molecule has 0 saturated heterocycles. The van der Waals surface area contributed by atoms with Crippen LogP contribution in [0.1, 0.15) is 35.9 Å². The van der Waals surface area contributed by atoms with Crippen LogP contribution in [0.3, 0.4) is 0 Å². The molecule has 2 aromatic rings. The van der Waals surface area contributed by atoms with E-state index in [1.165, 1.54) is 10.8 Å². The molecule has 0 bridgehead atoms. The van der Waals surface area contributed by atoms with Crippen LogP contribution in [0, 0.1) is 0 Å². The molecule has 0 saturated carbocycles. The number of pyridine rings is 1. The Kier molecular flexibility index (Phi) is 4.49. The van der Waals surface area contributed by atoms with Crippen LogP contribution in [0.25, 0.3) is 0 Å². The van der Waals surface area contributed by atoms with Crippen LogP contribution in [0.4, 0.5) is 0 Å². The number of carbonyl (C=O) groups excluding carboxylic acids is 1. The summed E-state index contributed by atoms with van der Waals surface area (Å²) in [7, 11) is 0. The minimum absolute atomic E-state index is 0.107. The fourth-order valence-corrected chi connectivity index (χ4v) is 2.70. The molecule has 9 heteroatoms. The highest BCUT2D eigenvalue weighted by atomic mass is 35.5. The molecule has 0 radical (unpaired) electrons. The molecule has 8 nitrogen and oxygen atoms in total. The lowest BCUT2D eigenvalue weighted by Crippen LogP contribution is -2.42. The van der Waals surface area contributed by atoms with E-state index in [2.05, 4.69) is 15.3 Å². The fraction of sp³-hybridized carbons (Fsp3) is 0.375. The quantitative estimate of drug-likeness (QED) is 0.847. The van der Waals surface area contributed by atoms with Crippen molar-refractivity contribution in [1.82, 2.24) is 19.9 Å². The second-order valence-corrected chi connectivity index (χ2v) is 6.54. The Morgan fingerprint density at radius 1 is 1.48 bits per heavy atom. The maximum absolute atomic E-state index is 12.4. The average Bonchev–Trinajstić information content (AvgIpc) is 2.57. The fourth-order valence-electron chi connectivity index (χ4n) is 2.59. The number of amides is 1. The number of ether oxygens (including phenoxy) is 1. The minimum atomic E-state index is -0.835. The Labute approximate surface area is 148 Å². The van der Waals surface area contributed by atoms with Crippen molar-refractivity contribution in [3.63, 3.8) is 0 Å². The molecule has 2 N–H and O–H groups in total. The minimum Gasteiger partial charge on any atom is -0.501 e. The third-order valence-corrected chi connectivity index (χ3v) is 4.12. The molecule has 1 aliphatic rings. The number of fused-ring (bicyclic) bond motifs is 1. The zero-order valence-corrected chi connectivity index (χ0v) is 14.5. The molecule has 0 fully saturated rings. The van der Waals surface area contributed by atoms with E-state index < -0.39 is 22.8 Å². The van der Waals surface area contributed by atoms with E-state index in [-0.39, 0.29) is 18.8 Å². The lowest BCUT2D eigenvalue weighted by Gasteiger charge is -2.32. The summed E-state index contributed by atoms with van der Waals surface area (Å²) in [6, 6.07) is 3.31. The first-order valence-electron chi connectivity index (χ1n) is 7.66. The topological polar surface area (TPSA) is 106 Å². The zero-order chi connectivity index (χ0) is 18.2. The molecule has 1 amide bonds. The molecule has 3 rings (SSSR count). The number of hydrogen-bond acceptors (Lipinski definition) is 6. The average molecular weight is 365 g/mol. The normalized spacial score (nSPS) is 15.5. The van der Waals surface area contributed by atoms with Gasteiger partial charge in [0.1, 0.15) is 11.4 Å². The van der Waals surface area contributed by atoms with Gasteiger partial charge in [0.05, 0.1) is 30.4 Å². The van der Waals surface area contributed by atoms with Gasteiger partial charge in [-0.05, 0) is 26.0 Å². The van der Waals surface area contributed by atoms with Crippen molar-refractivity contribution in [2.45, 2.75) is 32.5 Å².